The van der Waals surface area contributed by atoms with Crippen molar-refractivity contribution in [3.8, 4) is 11.5 Å². The summed E-state index contributed by atoms with van der Waals surface area (Å²) in [6.07, 6.45) is 3.69. The SMILES string of the molecule is CCOc1cc(C2C(C(=O)/C=C/c3ccccc3)=C(O)C(=O)N2CCCN(C)C)ccc1O. The molecule has 1 aliphatic rings. The van der Waals surface area contributed by atoms with Crippen LogP contribution in [0.25, 0.3) is 6.08 Å². The number of ketones is 1. The maximum atomic E-state index is 13.2. The van der Waals surface area contributed by atoms with E-state index in [1.165, 1.54) is 17.0 Å². The fraction of sp³-hybridized carbons (Fsp3) is 0.308. The lowest BCUT2D eigenvalue weighted by atomic mass is 9.95. The zero-order valence-corrected chi connectivity index (χ0v) is 19.2. The molecular formula is C26H30N2O5. The fourth-order valence-corrected chi connectivity index (χ4v) is 3.84. The van der Waals surface area contributed by atoms with Gasteiger partial charge in [-0.1, -0.05) is 42.5 Å². The van der Waals surface area contributed by atoms with Gasteiger partial charge in [0.25, 0.3) is 5.91 Å². The van der Waals surface area contributed by atoms with Crippen molar-refractivity contribution in [2.45, 2.75) is 19.4 Å². The summed E-state index contributed by atoms with van der Waals surface area (Å²) in [5.74, 6) is -1.35. The normalized spacial score (nSPS) is 16.3. The highest BCUT2D eigenvalue weighted by Crippen LogP contribution is 2.40. The van der Waals surface area contributed by atoms with Gasteiger partial charge in [0.15, 0.2) is 23.0 Å². The second-order valence-corrected chi connectivity index (χ2v) is 8.09. The van der Waals surface area contributed by atoms with Crippen molar-refractivity contribution in [1.29, 1.82) is 0 Å². The summed E-state index contributed by atoms with van der Waals surface area (Å²) in [7, 11) is 3.88. The van der Waals surface area contributed by atoms with Crippen LogP contribution < -0.4 is 4.74 Å². The summed E-state index contributed by atoms with van der Waals surface area (Å²) in [6.45, 7) is 3.25. The summed E-state index contributed by atoms with van der Waals surface area (Å²) < 4.78 is 5.50. The van der Waals surface area contributed by atoms with Gasteiger partial charge in [0, 0.05) is 6.54 Å². The minimum atomic E-state index is -0.785. The van der Waals surface area contributed by atoms with Crippen LogP contribution in [0.15, 0.2) is 65.9 Å². The number of carbonyl (C=O) groups is 2. The van der Waals surface area contributed by atoms with Crippen LogP contribution >= 0.6 is 0 Å². The number of phenolic OH excluding ortho intramolecular Hbond substituents is 1. The molecule has 174 valence electrons. The van der Waals surface area contributed by atoms with Gasteiger partial charge < -0.3 is 24.7 Å². The molecule has 1 heterocycles. The average molecular weight is 451 g/mol. The van der Waals surface area contributed by atoms with Crippen molar-refractivity contribution >= 4 is 17.8 Å². The van der Waals surface area contributed by atoms with Crippen molar-refractivity contribution < 1.29 is 24.5 Å². The Hall–Kier alpha value is -3.58. The van der Waals surface area contributed by atoms with E-state index in [0.29, 0.717) is 25.1 Å². The molecule has 0 saturated carbocycles. The summed E-state index contributed by atoms with van der Waals surface area (Å²) >= 11 is 0. The standard InChI is InChI=1S/C26H30N2O5/c1-4-33-22-17-19(12-14-20(22)29)24-23(21(30)13-11-18-9-6-5-7-10-18)25(31)26(32)28(24)16-8-15-27(2)3/h5-7,9-14,17,24,29,31H,4,8,15-16H2,1-3H3/b13-11+. The Morgan fingerprint density at radius 2 is 1.88 bits per heavy atom. The zero-order valence-electron chi connectivity index (χ0n) is 19.2. The van der Waals surface area contributed by atoms with Crippen LogP contribution in [0.3, 0.4) is 0 Å². The van der Waals surface area contributed by atoms with Crippen LogP contribution in [0.5, 0.6) is 11.5 Å². The number of aliphatic hydroxyl groups is 1. The van der Waals surface area contributed by atoms with E-state index in [1.807, 2.05) is 49.3 Å². The maximum absolute atomic E-state index is 13.2. The van der Waals surface area contributed by atoms with Gasteiger partial charge in [0.05, 0.1) is 18.2 Å². The molecule has 2 N–H and O–H groups in total. The van der Waals surface area contributed by atoms with Crippen molar-refractivity contribution in [2.24, 2.45) is 0 Å². The summed E-state index contributed by atoms with van der Waals surface area (Å²) in [5, 5.41) is 20.8. The first-order chi connectivity index (χ1) is 15.8. The Balaban J connectivity index is 1.99. The molecule has 1 amide bonds. The first kappa shape index (κ1) is 24.1. The summed E-state index contributed by atoms with van der Waals surface area (Å²) in [5.41, 5.74) is 1.43. The number of amides is 1. The Morgan fingerprint density at radius 3 is 2.55 bits per heavy atom. The predicted octanol–water partition coefficient (Wildman–Crippen LogP) is 3.72. The lowest BCUT2D eigenvalue weighted by Gasteiger charge is -2.27. The van der Waals surface area contributed by atoms with E-state index >= 15 is 0 Å². The molecule has 1 unspecified atom stereocenters. The number of nitrogens with zero attached hydrogens (tertiary/aromatic N) is 2. The van der Waals surface area contributed by atoms with Crippen LogP contribution in [-0.2, 0) is 9.59 Å². The topological polar surface area (TPSA) is 90.3 Å². The Bertz CT molecular complexity index is 1060. The van der Waals surface area contributed by atoms with Crippen LogP contribution in [0.2, 0.25) is 0 Å². The molecule has 1 atom stereocenters. The number of hydrogen-bond acceptors (Lipinski definition) is 6. The second kappa shape index (κ2) is 10.8. The van der Waals surface area contributed by atoms with Gasteiger partial charge in [0.1, 0.15) is 0 Å². The van der Waals surface area contributed by atoms with Crippen LogP contribution in [0.4, 0.5) is 0 Å². The van der Waals surface area contributed by atoms with Crippen molar-refractivity contribution in [3.63, 3.8) is 0 Å². The number of carbonyl (C=O) groups excluding carboxylic acids is 2. The fourth-order valence-electron chi connectivity index (χ4n) is 3.84. The second-order valence-electron chi connectivity index (χ2n) is 8.09. The molecule has 0 bridgehead atoms. The summed E-state index contributed by atoms with van der Waals surface area (Å²) in [6, 6.07) is 13.3. The summed E-state index contributed by atoms with van der Waals surface area (Å²) in [4.78, 5) is 29.7. The molecule has 0 aromatic heterocycles. The molecule has 33 heavy (non-hydrogen) atoms. The average Bonchev–Trinajstić information content (AvgIpc) is 3.04. The van der Waals surface area contributed by atoms with E-state index in [2.05, 4.69) is 0 Å². The molecule has 1 aliphatic heterocycles. The predicted molar refractivity (Wildman–Crippen MR) is 127 cm³/mol. The molecule has 0 saturated heterocycles. The van der Waals surface area contributed by atoms with E-state index in [4.69, 9.17) is 4.74 Å². The van der Waals surface area contributed by atoms with Crippen molar-refractivity contribution in [1.82, 2.24) is 9.80 Å². The highest BCUT2D eigenvalue weighted by atomic mass is 16.5. The lowest BCUT2D eigenvalue weighted by Crippen LogP contribution is -2.33. The number of benzene rings is 2. The van der Waals surface area contributed by atoms with Gasteiger partial charge in [0.2, 0.25) is 0 Å². The van der Waals surface area contributed by atoms with Crippen molar-refractivity contribution in [3.05, 3.63) is 77.1 Å². The Kier molecular flexibility index (Phi) is 7.90. The van der Waals surface area contributed by atoms with Crippen LogP contribution in [0.1, 0.15) is 30.5 Å². The zero-order chi connectivity index (χ0) is 24.0. The van der Waals surface area contributed by atoms with Crippen molar-refractivity contribution in [2.75, 3.05) is 33.8 Å². The van der Waals surface area contributed by atoms with Gasteiger partial charge >= 0.3 is 0 Å². The number of hydrogen-bond donors (Lipinski definition) is 2. The first-order valence-electron chi connectivity index (χ1n) is 11.0. The number of allylic oxidation sites excluding steroid dienone is 1. The third kappa shape index (κ3) is 5.62. The molecule has 0 spiro atoms. The largest absolute Gasteiger partial charge is 0.504 e. The molecule has 2 aromatic rings. The highest BCUT2D eigenvalue weighted by molar-refractivity contribution is 6.14. The van der Waals surface area contributed by atoms with E-state index in [1.54, 1.807) is 25.1 Å². The molecule has 0 aliphatic carbocycles. The van der Waals surface area contributed by atoms with Gasteiger partial charge in [-0.2, -0.15) is 0 Å². The molecule has 3 rings (SSSR count). The smallest absolute Gasteiger partial charge is 0.290 e. The molecule has 7 heteroatoms. The molecular weight excluding hydrogens is 420 g/mol. The van der Waals surface area contributed by atoms with E-state index in [9.17, 15) is 19.8 Å². The number of phenols is 1. The molecule has 7 nitrogen and oxygen atoms in total. The van der Waals surface area contributed by atoms with E-state index in [0.717, 1.165) is 12.1 Å². The third-order valence-corrected chi connectivity index (χ3v) is 5.40. The van der Waals surface area contributed by atoms with E-state index < -0.39 is 23.5 Å². The quantitative estimate of drug-likeness (QED) is 0.536. The molecule has 0 fully saturated rings. The van der Waals surface area contributed by atoms with Gasteiger partial charge in [-0.15, -0.1) is 0 Å². The third-order valence-electron chi connectivity index (χ3n) is 5.40. The highest BCUT2D eigenvalue weighted by Gasteiger charge is 2.42. The Morgan fingerprint density at radius 1 is 1.15 bits per heavy atom. The Labute approximate surface area is 194 Å². The monoisotopic (exact) mass is 450 g/mol. The molecule has 0 radical (unpaired) electrons. The van der Waals surface area contributed by atoms with E-state index in [-0.39, 0.29) is 17.1 Å². The lowest BCUT2D eigenvalue weighted by molar-refractivity contribution is -0.129. The number of rotatable bonds is 10. The van der Waals surface area contributed by atoms with Gasteiger partial charge in [-0.25, -0.2) is 0 Å². The number of aromatic hydroxyl groups is 1. The minimum absolute atomic E-state index is 0.0187. The number of ether oxygens (including phenoxy) is 1. The minimum Gasteiger partial charge on any atom is -0.504 e. The molecule has 2 aromatic carbocycles. The van der Waals surface area contributed by atoms with Crippen LogP contribution in [-0.4, -0.2) is 65.5 Å². The van der Waals surface area contributed by atoms with Gasteiger partial charge in [-0.3, -0.25) is 9.59 Å². The van der Waals surface area contributed by atoms with Crippen LogP contribution in [0, 0.1) is 0 Å². The first-order valence-corrected chi connectivity index (χ1v) is 11.0. The maximum Gasteiger partial charge on any atom is 0.290 e. The van der Waals surface area contributed by atoms with Gasteiger partial charge in [-0.05, 0) is 63.3 Å². The number of aliphatic hydroxyl groups excluding tert-OH is 1.